The molecule has 264 valence electrons. The van der Waals surface area contributed by atoms with Crippen molar-refractivity contribution in [3.05, 3.63) is 198 Å². The average Bonchev–Trinajstić information content (AvgIpc) is 3.91. The molecule has 0 amide bonds. The Morgan fingerprint density at radius 3 is 2.04 bits per heavy atom. The van der Waals surface area contributed by atoms with Crippen molar-refractivity contribution in [3.8, 4) is 27.9 Å². The summed E-state index contributed by atoms with van der Waals surface area (Å²) in [6.45, 7) is 0. The molecule has 2 aliphatic rings. The van der Waals surface area contributed by atoms with Crippen LogP contribution in [0.5, 0.6) is 0 Å². The number of rotatable bonds is 4. The van der Waals surface area contributed by atoms with Crippen molar-refractivity contribution in [2.75, 3.05) is 4.90 Å². The normalized spacial score (nSPS) is 16.1. The monoisotopic (exact) mass is 736 g/mol. The van der Waals surface area contributed by atoms with Gasteiger partial charge in [-0.05, 0) is 82.4 Å². The van der Waals surface area contributed by atoms with Crippen LogP contribution in [-0.4, -0.2) is 20.0 Å². The van der Waals surface area contributed by atoms with E-state index in [-0.39, 0.29) is 17.5 Å². The summed E-state index contributed by atoms with van der Waals surface area (Å²) < 4.78 is 5.15. The number of anilines is 2. The van der Waals surface area contributed by atoms with Gasteiger partial charge in [0.05, 0.1) is 38.4 Å². The summed E-state index contributed by atoms with van der Waals surface area (Å²) in [5.74, 6) is 0.157. The first kappa shape index (κ1) is 31.3. The maximum Gasteiger partial charge on any atom is 0.267 e. The zero-order valence-corrected chi connectivity index (χ0v) is 30.9. The van der Waals surface area contributed by atoms with Gasteiger partial charge in [0.1, 0.15) is 5.52 Å². The first-order valence-corrected chi connectivity index (χ1v) is 19.8. The van der Waals surface area contributed by atoms with Crippen LogP contribution >= 0.6 is 11.3 Å². The Kier molecular flexibility index (Phi) is 6.71. The molecule has 0 bridgehead atoms. The van der Waals surface area contributed by atoms with Gasteiger partial charge >= 0.3 is 0 Å². The van der Waals surface area contributed by atoms with Gasteiger partial charge in [0.15, 0.2) is 4.96 Å². The topological polar surface area (TPSA) is 42.5 Å². The highest BCUT2D eigenvalue weighted by atomic mass is 32.1. The van der Waals surface area contributed by atoms with Crippen LogP contribution in [-0.2, 0) is 0 Å². The highest BCUT2D eigenvalue weighted by Crippen LogP contribution is 2.50. The van der Waals surface area contributed by atoms with Crippen molar-refractivity contribution in [3.63, 3.8) is 0 Å². The van der Waals surface area contributed by atoms with Gasteiger partial charge in [0.2, 0.25) is 0 Å². The summed E-state index contributed by atoms with van der Waals surface area (Å²) in [6.07, 6.45) is 8.92. The molecule has 3 aromatic heterocycles. The zero-order chi connectivity index (χ0) is 36.9. The molecular weight excluding hydrogens is 705 g/mol. The Morgan fingerprint density at radius 1 is 0.536 bits per heavy atom. The predicted molar refractivity (Wildman–Crippen MR) is 233 cm³/mol. The minimum Gasteiger partial charge on any atom is -0.333 e. The highest BCUT2D eigenvalue weighted by molar-refractivity contribution is 7.23. The molecule has 6 heteroatoms. The lowest BCUT2D eigenvalue weighted by atomic mass is 9.90. The number of allylic oxidation sites excluding steroid dienone is 2. The number of hydrogen-bond acceptors (Lipinski definition) is 4. The summed E-state index contributed by atoms with van der Waals surface area (Å²) in [6, 6.07) is 55.7. The van der Waals surface area contributed by atoms with Crippen molar-refractivity contribution in [1.82, 2.24) is 14.0 Å². The molecule has 4 heterocycles. The van der Waals surface area contributed by atoms with Gasteiger partial charge < -0.3 is 9.47 Å². The van der Waals surface area contributed by atoms with Crippen LogP contribution in [0.1, 0.15) is 11.5 Å². The summed E-state index contributed by atoms with van der Waals surface area (Å²) in [5.41, 5.74) is 12.6. The van der Waals surface area contributed by atoms with Gasteiger partial charge in [-0.25, -0.2) is 4.98 Å². The molecular formula is C50H32N4OS. The number of benzene rings is 7. The zero-order valence-electron chi connectivity index (χ0n) is 30.1. The summed E-state index contributed by atoms with van der Waals surface area (Å²) in [4.78, 5) is 23.5. The number of nitrogens with zero attached hydrogens (tertiary/aromatic N) is 4. The maximum absolute atomic E-state index is 15.0. The minimum atomic E-state index is -0.0628. The molecule has 2 unspecified atom stereocenters. The van der Waals surface area contributed by atoms with E-state index in [1.165, 1.54) is 22.3 Å². The lowest BCUT2D eigenvalue weighted by Gasteiger charge is -2.29. The average molecular weight is 737 g/mol. The van der Waals surface area contributed by atoms with Gasteiger partial charge in [-0.2, -0.15) is 0 Å². The Balaban J connectivity index is 1.16. The largest absolute Gasteiger partial charge is 0.333 e. The highest BCUT2D eigenvalue weighted by Gasteiger charge is 2.38. The third-order valence-electron chi connectivity index (χ3n) is 11.7. The molecule has 0 spiro atoms. The lowest BCUT2D eigenvalue weighted by molar-refractivity contribution is 0.745. The minimum absolute atomic E-state index is 0.0410. The van der Waals surface area contributed by atoms with E-state index in [1.54, 1.807) is 15.7 Å². The summed E-state index contributed by atoms with van der Waals surface area (Å²) in [5, 5.41) is 2.89. The number of fused-ring (bicyclic) bond motifs is 10. The van der Waals surface area contributed by atoms with Gasteiger partial charge in [-0.15, -0.1) is 0 Å². The molecule has 5 nitrogen and oxygen atoms in total. The van der Waals surface area contributed by atoms with Crippen LogP contribution in [0, 0.1) is 0 Å². The van der Waals surface area contributed by atoms with Crippen LogP contribution in [0.25, 0.3) is 75.8 Å². The molecule has 0 saturated heterocycles. The molecule has 0 radical (unpaired) electrons. The molecule has 2 atom stereocenters. The molecule has 12 rings (SSSR count). The van der Waals surface area contributed by atoms with Gasteiger partial charge in [-0.1, -0.05) is 139 Å². The van der Waals surface area contributed by atoms with E-state index in [2.05, 4.69) is 173 Å². The number of hydrogen-bond donors (Lipinski definition) is 0. The number of para-hydroxylation sites is 2. The molecule has 0 fully saturated rings. The molecule has 0 N–H and O–H groups in total. The Labute approximate surface area is 326 Å². The molecule has 1 aliphatic heterocycles. The third kappa shape index (κ3) is 4.54. The van der Waals surface area contributed by atoms with Crippen molar-refractivity contribution < 1.29 is 0 Å². The third-order valence-corrected chi connectivity index (χ3v) is 12.7. The van der Waals surface area contributed by atoms with Gasteiger partial charge in [0.25, 0.3) is 5.56 Å². The SMILES string of the molecule is O=c1c2cc(N3c4ccc(-c5ccccc5)cc4C4C=CC=CC43)cc(-n3c4ccccc4c4cc(-c5ccccc5)ccc43)c2nc2sc3ccccc3n12. The molecule has 10 aromatic rings. The maximum atomic E-state index is 15.0. The first-order valence-electron chi connectivity index (χ1n) is 19.0. The van der Waals surface area contributed by atoms with Gasteiger partial charge in [-0.3, -0.25) is 9.20 Å². The Bertz CT molecular complexity index is 3350. The fourth-order valence-electron chi connectivity index (χ4n) is 9.15. The van der Waals surface area contributed by atoms with E-state index in [9.17, 15) is 4.79 Å². The molecule has 1 aliphatic carbocycles. The smallest absolute Gasteiger partial charge is 0.267 e. The standard InChI is InChI=1S/C50H32N4OS/c55-49-40-29-35(52-41-19-9-7-17-36(41)38-27-33(23-25-43(38)52)31-13-3-1-4-14-31)30-46(48(40)51-50-54(49)45-21-11-12-22-47(45)56-50)53-42-20-10-8-18-37(42)39-28-34(24-26-44(39)53)32-15-5-2-6-16-32/h1-30,36,41H. The van der Waals surface area contributed by atoms with E-state index >= 15 is 0 Å². The fourth-order valence-corrected chi connectivity index (χ4v) is 10.2. The summed E-state index contributed by atoms with van der Waals surface area (Å²) in [7, 11) is 0. The van der Waals surface area contributed by atoms with E-state index in [0.717, 1.165) is 54.6 Å². The van der Waals surface area contributed by atoms with Gasteiger partial charge in [0, 0.05) is 28.1 Å². The van der Waals surface area contributed by atoms with Crippen molar-refractivity contribution >= 4 is 70.6 Å². The van der Waals surface area contributed by atoms with E-state index in [1.807, 2.05) is 18.2 Å². The second-order valence-electron chi connectivity index (χ2n) is 14.7. The van der Waals surface area contributed by atoms with Crippen LogP contribution in [0.4, 0.5) is 11.4 Å². The van der Waals surface area contributed by atoms with E-state index in [4.69, 9.17) is 4.98 Å². The summed E-state index contributed by atoms with van der Waals surface area (Å²) >= 11 is 1.55. The number of aromatic nitrogens is 3. The van der Waals surface area contributed by atoms with Crippen LogP contribution in [0.3, 0.4) is 0 Å². The molecule has 56 heavy (non-hydrogen) atoms. The number of thiazole rings is 1. The quantitative estimate of drug-likeness (QED) is 0.181. The van der Waals surface area contributed by atoms with Crippen LogP contribution < -0.4 is 10.5 Å². The van der Waals surface area contributed by atoms with E-state index in [0.29, 0.717) is 15.9 Å². The fraction of sp³-hybridized carbons (Fsp3) is 0.0400. The molecule has 0 saturated carbocycles. The van der Waals surface area contributed by atoms with Crippen molar-refractivity contribution in [2.24, 2.45) is 0 Å². The van der Waals surface area contributed by atoms with E-state index < -0.39 is 0 Å². The van der Waals surface area contributed by atoms with Crippen LogP contribution in [0.15, 0.2) is 187 Å². The lowest BCUT2D eigenvalue weighted by Crippen LogP contribution is -2.29. The van der Waals surface area contributed by atoms with Crippen molar-refractivity contribution in [2.45, 2.75) is 12.0 Å². The Hall–Kier alpha value is -7.02. The van der Waals surface area contributed by atoms with Crippen molar-refractivity contribution in [1.29, 1.82) is 0 Å². The Morgan fingerprint density at radius 2 is 1.21 bits per heavy atom. The second kappa shape index (κ2) is 12.0. The second-order valence-corrected chi connectivity index (χ2v) is 15.7. The predicted octanol–water partition coefficient (Wildman–Crippen LogP) is 12.2. The first-order chi connectivity index (χ1) is 27.7. The molecule has 7 aromatic carbocycles. The van der Waals surface area contributed by atoms with Crippen LogP contribution in [0.2, 0.25) is 0 Å².